The zero-order chi connectivity index (χ0) is 20.5. The monoisotopic (exact) mass is 395 g/mol. The largest absolute Gasteiger partial charge is 0.340 e. The number of anilines is 2. The number of nitrogens with zero attached hydrogens (tertiary/aromatic N) is 4. The molecule has 0 amide bonds. The minimum Gasteiger partial charge on any atom is -0.340 e. The Bertz CT molecular complexity index is 1320. The summed E-state index contributed by atoms with van der Waals surface area (Å²) in [5, 5.41) is 4.16. The number of imidazole rings is 1. The molecular formula is C24H21N5O. The van der Waals surface area contributed by atoms with Crippen molar-refractivity contribution in [3.63, 3.8) is 0 Å². The van der Waals surface area contributed by atoms with Crippen molar-refractivity contribution in [2.24, 2.45) is 0 Å². The molecule has 1 N–H and O–H groups in total. The van der Waals surface area contributed by atoms with E-state index < -0.39 is 0 Å². The number of hydrogen-bond acceptors (Lipinski definition) is 4. The first-order valence-corrected chi connectivity index (χ1v) is 10.1. The van der Waals surface area contributed by atoms with Crippen molar-refractivity contribution >= 4 is 22.4 Å². The van der Waals surface area contributed by atoms with Crippen LogP contribution in [0.2, 0.25) is 0 Å². The topological polar surface area (TPSA) is 64.7 Å². The second-order valence-corrected chi connectivity index (χ2v) is 7.57. The second kappa shape index (κ2) is 7.53. The van der Waals surface area contributed by atoms with Crippen LogP contribution in [0.3, 0.4) is 0 Å². The Morgan fingerprint density at radius 1 is 1.07 bits per heavy atom. The molecule has 30 heavy (non-hydrogen) atoms. The minimum absolute atomic E-state index is 0.00525. The van der Waals surface area contributed by atoms with E-state index in [2.05, 4.69) is 21.2 Å². The molecule has 1 saturated carbocycles. The molecular weight excluding hydrogens is 374 g/mol. The van der Waals surface area contributed by atoms with E-state index in [9.17, 15) is 4.79 Å². The van der Waals surface area contributed by atoms with Crippen LogP contribution in [0.25, 0.3) is 16.6 Å². The summed E-state index contributed by atoms with van der Waals surface area (Å²) >= 11 is 0. The van der Waals surface area contributed by atoms with Crippen LogP contribution in [-0.2, 0) is 0 Å². The third-order valence-corrected chi connectivity index (χ3v) is 5.71. The molecule has 5 rings (SSSR count). The number of fused-ring (bicyclic) bond motifs is 1. The van der Waals surface area contributed by atoms with E-state index in [4.69, 9.17) is 6.42 Å². The third-order valence-electron chi connectivity index (χ3n) is 5.71. The van der Waals surface area contributed by atoms with Crippen molar-refractivity contribution in [3.8, 4) is 18.0 Å². The summed E-state index contributed by atoms with van der Waals surface area (Å²) < 4.78 is 3.55. The highest BCUT2D eigenvalue weighted by Crippen LogP contribution is 2.29. The van der Waals surface area contributed by atoms with Crippen molar-refractivity contribution < 1.29 is 0 Å². The molecule has 4 aromatic rings. The Morgan fingerprint density at radius 3 is 2.77 bits per heavy atom. The van der Waals surface area contributed by atoms with Crippen molar-refractivity contribution in [3.05, 3.63) is 77.2 Å². The molecule has 6 heteroatoms. The average Bonchev–Trinajstić information content (AvgIpc) is 3.43. The Hall–Kier alpha value is -3.85. The van der Waals surface area contributed by atoms with Crippen LogP contribution >= 0.6 is 0 Å². The van der Waals surface area contributed by atoms with Crippen LogP contribution in [0.15, 0.2) is 66.0 Å². The lowest BCUT2D eigenvalue weighted by atomic mass is 10.2. The van der Waals surface area contributed by atoms with Gasteiger partial charge in [0.25, 0.3) is 0 Å². The summed E-state index contributed by atoms with van der Waals surface area (Å²) in [5.74, 6) is 3.31. The van der Waals surface area contributed by atoms with Gasteiger partial charge in [0.1, 0.15) is 12.1 Å². The smallest absolute Gasteiger partial charge is 0.332 e. The lowest BCUT2D eigenvalue weighted by molar-refractivity contribution is 0.500. The minimum atomic E-state index is -0.00525. The fourth-order valence-corrected chi connectivity index (χ4v) is 4.16. The molecule has 148 valence electrons. The predicted molar refractivity (Wildman–Crippen MR) is 118 cm³/mol. The molecule has 1 aliphatic carbocycles. The van der Waals surface area contributed by atoms with Gasteiger partial charge in [0.2, 0.25) is 0 Å². The van der Waals surface area contributed by atoms with Gasteiger partial charge in [0, 0.05) is 35.1 Å². The summed E-state index contributed by atoms with van der Waals surface area (Å²) in [6.45, 7) is 0. The van der Waals surface area contributed by atoms with E-state index in [0.717, 1.165) is 40.7 Å². The maximum absolute atomic E-state index is 13.0. The second-order valence-electron chi connectivity index (χ2n) is 7.57. The molecule has 2 heterocycles. The Morgan fingerprint density at radius 2 is 1.93 bits per heavy atom. The first-order chi connectivity index (χ1) is 14.7. The summed E-state index contributed by atoms with van der Waals surface area (Å²) in [7, 11) is 0. The van der Waals surface area contributed by atoms with Gasteiger partial charge >= 0.3 is 5.69 Å². The fraction of sp³-hybridized carbons (Fsp3) is 0.208. The molecule has 0 radical (unpaired) electrons. The van der Waals surface area contributed by atoms with E-state index in [1.165, 1.54) is 19.2 Å². The highest BCUT2D eigenvalue weighted by Gasteiger charge is 2.19. The zero-order valence-corrected chi connectivity index (χ0v) is 16.5. The first-order valence-electron chi connectivity index (χ1n) is 10.1. The van der Waals surface area contributed by atoms with Gasteiger partial charge in [-0.1, -0.05) is 24.8 Å². The molecule has 1 aliphatic rings. The van der Waals surface area contributed by atoms with Crippen LogP contribution in [0, 0.1) is 12.3 Å². The molecule has 1 fully saturated rings. The Labute approximate surface area is 174 Å². The molecule has 0 aliphatic heterocycles. The number of nitrogens with one attached hydrogen (secondary N) is 1. The van der Waals surface area contributed by atoms with Gasteiger partial charge in [-0.15, -0.1) is 6.42 Å². The Balaban J connectivity index is 1.55. The molecule has 0 atom stereocenters. The molecule has 0 bridgehead atoms. The van der Waals surface area contributed by atoms with E-state index >= 15 is 0 Å². The Kier molecular flexibility index (Phi) is 4.56. The van der Waals surface area contributed by atoms with E-state index in [1.807, 2.05) is 59.4 Å². The molecule has 6 nitrogen and oxygen atoms in total. The average molecular weight is 395 g/mol. The van der Waals surface area contributed by atoms with Gasteiger partial charge < -0.3 is 5.32 Å². The lowest BCUT2D eigenvalue weighted by Crippen LogP contribution is -2.25. The molecule has 0 saturated heterocycles. The summed E-state index contributed by atoms with van der Waals surface area (Å²) in [6.07, 6.45) is 15.3. The number of rotatable bonds is 4. The maximum atomic E-state index is 13.0. The normalized spacial score (nSPS) is 14.1. The summed E-state index contributed by atoms with van der Waals surface area (Å²) in [4.78, 5) is 21.8. The van der Waals surface area contributed by atoms with Gasteiger partial charge in [-0.3, -0.25) is 9.13 Å². The van der Waals surface area contributed by atoms with Crippen molar-refractivity contribution in [1.29, 1.82) is 0 Å². The van der Waals surface area contributed by atoms with Gasteiger partial charge in [-0.2, -0.15) is 0 Å². The van der Waals surface area contributed by atoms with E-state index in [-0.39, 0.29) is 5.69 Å². The third kappa shape index (κ3) is 3.25. The van der Waals surface area contributed by atoms with Crippen molar-refractivity contribution in [2.75, 3.05) is 5.32 Å². The number of benzene rings is 2. The highest BCUT2D eigenvalue weighted by atomic mass is 16.1. The van der Waals surface area contributed by atoms with Gasteiger partial charge in [-0.25, -0.2) is 14.8 Å². The van der Waals surface area contributed by atoms with E-state index in [1.54, 1.807) is 4.57 Å². The van der Waals surface area contributed by atoms with E-state index in [0.29, 0.717) is 11.9 Å². The maximum Gasteiger partial charge on any atom is 0.332 e. The zero-order valence-electron chi connectivity index (χ0n) is 16.5. The van der Waals surface area contributed by atoms with Gasteiger partial charge in [-0.05, 0) is 49.2 Å². The fourth-order valence-electron chi connectivity index (χ4n) is 4.16. The highest BCUT2D eigenvalue weighted by molar-refractivity contribution is 5.92. The van der Waals surface area contributed by atoms with Gasteiger partial charge in [0.05, 0.1) is 11.2 Å². The SMILES string of the molecule is C#Cc1cccc(Nc2ncnc3ccc(-n4ccn(C5CCCC5)c4=O)cc23)c1. The first kappa shape index (κ1) is 18.2. The molecule has 2 aromatic carbocycles. The number of hydrogen-bond donors (Lipinski definition) is 1. The van der Waals surface area contributed by atoms with Crippen molar-refractivity contribution in [1.82, 2.24) is 19.1 Å². The molecule has 0 unspecified atom stereocenters. The number of aromatic nitrogens is 4. The summed E-state index contributed by atoms with van der Waals surface area (Å²) in [6, 6.07) is 13.7. The molecule has 0 spiro atoms. The predicted octanol–water partition coefficient (Wildman–Crippen LogP) is 4.42. The van der Waals surface area contributed by atoms with Crippen LogP contribution in [-0.4, -0.2) is 19.1 Å². The molecule has 2 aromatic heterocycles. The van der Waals surface area contributed by atoms with Crippen LogP contribution in [0.4, 0.5) is 11.5 Å². The standard InChI is InChI=1S/C24H21N5O/c1-2-17-6-5-7-18(14-17)27-23-21-15-20(10-11-22(21)25-16-26-23)29-13-12-28(24(29)30)19-8-3-4-9-19/h1,5-7,10-16,19H,3-4,8-9H2,(H,25,26,27). The number of terminal acetylenes is 1. The van der Waals surface area contributed by atoms with Crippen LogP contribution in [0.1, 0.15) is 37.3 Å². The van der Waals surface area contributed by atoms with Crippen LogP contribution in [0.5, 0.6) is 0 Å². The summed E-state index contributed by atoms with van der Waals surface area (Å²) in [5.41, 5.74) is 3.22. The van der Waals surface area contributed by atoms with Crippen LogP contribution < -0.4 is 11.0 Å². The van der Waals surface area contributed by atoms with Gasteiger partial charge in [0.15, 0.2) is 0 Å². The lowest BCUT2D eigenvalue weighted by Gasteiger charge is -2.11. The quantitative estimate of drug-likeness (QED) is 0.520. The van der Waals surface area contributed by atoms with Crippen molar-refractivity contribution in [2.45, 2.75) is 31.7 Å².